The summed E-state index contributed by atoms with van der Waals surface area (Å²) < 4.78 is 44.6. The minimum absolute atomic E-state index is 0.0332. The van der Waals surface area contributed by atoms with Crippen LogP contribution in [0.5, 0.6) is 23.0 Å². The van der Waals surface area contributed by atoms with Crippen molar-refractivity contribution in [3.05, 3.63) is 77.9 Å². The summed E-state index contributed by atoms with van der Waals surface area (Å²) in [7, 11) is 2.74. The zero-order chi connectivity index (χ0) is 23.1. The summed E-state index contributed by atoms with van der Waals surface area (Å²) in [5.41, 5.74) is 0.937. The summed E-state index contributed by atoms with van der Waals surface area (Å²) in [6, 6.07) is 16.6. The van der Waals surface area contributed by atoms with Crippen LogP contribution in [0, 0.1) is 0 Å². The van der Waals surface area contributed by atoms with Gasteiger partial charge in [-0.15, -0.1) is 0 Å². The number of halogens is 2. The molecule has 0 fully saturated rings. The van der Waals surface area contributed by atoms with E-state index in [4.69, 9.17) is 14.2 Å². The van der Waals surface area contributed by atoms with Crippen molar-refractivity contribution in [2.24, 2.45) is 0 Å². The number of anilines is 1. The Kier molecular flexibility index (Phi) is 7.22. The highest BCUT2D eigenvalue weighted by Gasteiger charge is 2.16. The Morgan fingerprint density at radius 2 is 1.53 bits per heavy atom. The monoisotopic (exact) mass is 443 g/mol. The lowest BCUT2D eigenvalue weighted by atomic mass is 10.2. The van der Waals surface area contributed by atoms with Crippen LogP contribution in [0.15, 0.2) is 66.7 Å². The van der Waals surface area contributed by atoms with Gasteiger partial charge in [-0.1, -0.05) is 12.1 Å². The van der Waals surface area contributed by atoms with Gasteiger partial charge in [0.05, 0.1) is 25.3 Å². The quantitative estimate of drug-likeness (QED) is 0.399. The van der Waals surface area contributed by atoms with Crippen molar-refractivity contribution in [2.75, 3.05) is 19.5 Å². The van der Waals surface area contributed by atoms with Gasteiger partial charge in [0.1, 0.15) is 11.5 Å². The van der Waals surface area contributed by atoms with Crippen LogP contribution in [0.25, 0.3) is 0 Å². The first kappa shape index (κ1) is 22.5. The number of methoxy groups -OCH3 is 2. The molecule has 0 radical (unpaired) electrons. The van der Waals surface area contributed by atoms with E-state index in [0.29, 0.717) is 17.0 Å². The Balaban J connectivity index is 1.66. The molecule has 1 amide bonds. The Hall–Kier alpha value is -4.14. The van der Waals surface area contributed by atoms with Crippen molar-refractivity contribution in [3.63, 3.8) is 0 Å². The largest absolute Gasteiger partial charge is 0.496 e. The maximum absolute atomic E-state index is 12.5. The molecular weight excluding hydrogens is 424 g/mol. The van der Waals surface area contributed by atoms with Crippen LogP contribution in [0.2, 0.25) is 0 Å². The van der Waals surface area contributed by atoms with Crippen LogP contribution in [0.3, 0.4) is 0 Å². The van der Waals surface area contributed by atoms with Gasteiger partial charge in [-0.2, -0.15) is 8.78 Å². The van der Waals surface area contributed by atoms with Crippen LogP contribution >= 0.6 is 0 Å². The van der Waals surface area contributed by atoms with E-state index in [0.717, 1.165) is 0 Å². The molecule has 3 aromatic carbocycles. The van der Waals surface area contributed by atoms with Gasteiger partial charge >= 0.3 is 12.6 Å². The number of rotatable bonds is 8. The van der Waals surface area contributed by atoms with E-state index in [1.54, 1.807) is 36.4 Å². The second-order valence-electron chi connectivity index (χ2n) is 6.31. The molecule has 3 rings (SSSR count). The van der Waals surface area contributed by atoms with Crippen molar-refractivity contribution < 1.29 is 37.3 Å². The number of alkyl halides is 2. The van der Waals surface area contributed by atoms with Crippen molar-refractivity contribution >= 4 is 17.6 Å². The zero-order valence-electron chi connectivity index (χ0n) is 17.1. The fourth-order valence-corrected chi connectivity index (χ4v) is 2.79. The van der Waals surface area contributed by atoms with Gasteiger partial charge in [-0.3, -0.25) is 4.79 Å². The molecule has 0 spiro atoms. The number of hydrogen-bond donors (Lipinski definition) is 1. The molecule has 0 aliphatic rings. The SMILES string of the molecule is COc1cc(C(=O)Oc2ccc(NC(=O)c3ccccc3OC)cc2)ccc1OC(F)F. The average Bonchev–Trinajstić information content (AvgIpc) is 2.80. The van der Waals surface area contributed by atoms with E-state index in [9.17, 15) is 18.4 Å². The van der Waals surface area contributed by atoms with Gasteiger partial charge in [-0.05, 0) is 54.6 Å². The third kappa shape index (κ3) is 5.51. The van der Waals surface area contributed by atoms with Gasteiger partial charge in [-0.25, -0.2) is 4.79 Å². The van der Waals surface area contributed by atoms with Gasteiger partial charge < -0.3 is 24.3 Å². The summed E-state index contributed by atoms with van der Waals surface area (Å²) in [6.45, 7) is -3.02. The van der Waals surface area contributed by atoms with Crippen molar-refractivity contribution in [2.45, 2.75) is 6.61 Å². The van der Waals surface area contributed by atoms with Gasteiger partial charge in [0, 0.05) is 5.69 Å². The van der Waals surface area contributed by atoms with Gasteiger partial charge in [0.15, 0.2) is 11.5 Å². The number of esters is 1. The Morgan fingerprint density at radius 1 is 0.844 bits per heavy atom. The number of ether oxygens (including phenoxy) is 4. The number of nitrogens with one attached hydrogen (secondary N) is 1. The zero-order valence-corrected chi connectivity index (χ0v) is 17.1. The molecule has 32 heavy (non-hydrogen) atoms. The minimum atomic E-state index is -3.02. The molecule has 0 saturated heterocycles. The Morgan fingerprint density at radius 3 is 2.19 bits per heavy atom. The first-order chi connectivity index (χ1) is 15.4. The molecule has 0 heterocycles. The molecule has 166 valence electrons. The number of amides is 1. The molecule has 3 aromatic rings. The van der Waals surface area contributed by atoms with E-state index < -0.39 is 12.6 Å². The van der Waals surface area contributed by atoms with E-state index in [1.165, 1.54) is 44.6 Å². The average molecular weight is 443 g/mol. The molecule has 9 heteroatoms. The number of para-hydroxylation sites is 1. The maximum atomic E-state index is 12.5. The molecule has 1 N–H and O–H groups in total. The second-order valence-corrected chi connectivity index (χ2v) is 6.31. The molecule has 0 aliphatic heterocycles. The second kappa shape index (κ2) is 10.3. The molecule has 0 aromatic heterocycles. The number of hydrogen-bond acceptors (Lipinski definition) is 6. The summed E-state index contributed by atoms with van der Waals surface area (Å²) >= 11 is 0. The van der Waals surface area contributed by atoms with E-state index in [-0.39, 0.29) is 28.7 Å². The van der Waals surface area contributed by atoms with Crippen LogP contribution in [0.4, 0.5) is 14.5 Å². The topological polar surface area (TPSA) is 83.1 Å². The minimum Gasteiger partial charge on any atom is -0.496 e. The van der Waals surface area contributed by atoms with Crippen molar-refractivity contribution in [1.82, 2.24) is 0 Å². The Bertz CT molecular complexity index is 1100. The first-order valence-electron chi connectivity index (χ1n) is 9.30. The van der Waals surface area contributed by atoms with Crippen LogP contribution < -0.4 is 24.3 Å². The van der Waals surface area contributed by atoms with Crippen molar-refractivity contribution in [1.29, 1.82) is 0 Å². The lowest BCUT2D eigenvalue weighted by Crippen LogP contribution is -2.13. The fraction of sp³-hybridized carbons (Fsp3) is 0.130. The third-order valence-corrected chi connectivity index (χ3v) is 4.29. The van der Waals surface area contributed by atoms with E-state index in [1.807, 2.05) is 0 Å². The molecule has 0 unspecified atom stereocenters. The van der Waals surface area contributed by atoms with Gasteiger partial charge in [0.25, 0.3) is 5.91 Å². The number of carbonyl (C=O) groups excluding carboxylic acids is 2. The molecular formula is C23H19F2NO6. The standard InChI is InChI=1S/C23H19F2NO6/c1-29-18-6-4-3-5-17(18)21(27)26-15-8-10-16(11-9-15)31-22(28)14-7-12-19(32-23(24)25)20(13-14)30-2/h3-13,23H,1-2H3,(H,26,27). The lowest BCUT2D eigenvalue weighted by Gasteiger charge is -2.12. The molecule has 0 atom stereocenters. The summed E-state index contributed by atoms with van der Waals surface area (Å²) in [4.78, 5) is 24.8. The number of benzene rings is 3. The van der Waals surface area contributed by atoms with Crippen molar-refractivity contribution in [3.8, 4) is 23.0 Å². The summed E-state index contributed by atoms with van der Waals surface area (Å²) in [5.74, 6) is -0.653. The highest BCUT2D eigenvalue weighted by molar-refractivity contribution is 6.06. The smallest absolute Gasteiger partial charge is 0.387 e. The highest BCUT2D eigenvalue weighted by atomic mass is 19.3. The molecule has 0 aliphatic carbocycles. The van der Waals surface area contributed by atoms with E-state index in [2.05, 4.69) is 10.1 Å². The molecule has 0 saturated carbocycles. The fourth-order valence-electron chi connectivity index (χ4n) is 2.79. The maximum Gasteiger partial charge on any atom is 0.387 e. The normalized spacial score (nSPS) is 10.4. The highest BCUT2D eigenvalue weighted by Crippen LogP contribution is 2.30. The van der Waals surface area contributed by atoms with Gasteiger partial charge in [0.2, 0.25) is 0 Å². The Labute approximate surface area is 182 Å². The molecule has 0 bridgehead atoms. The summed E-state index contributed by atoms with van der Waals surface area (Å²) in [6.07, 6.45) is 0. The lowest BCUT2D eigenvalue weighted by molar-refractivity contribution is -0.0512. The van der Waals surface area contributed by atoms with E-state index >= 15 is 0 Å². The number of carbonyl (C=O) groups is 2. The van der Waals surface area contributed by atoms with Crippen LogP contribution in [-0.4, -0.2) is 32.7 Å². The summed E-state index contributed by atoms with van der Waals surface area (Å²) in [5, 5.41) is 2.73. The molecule has 7 nitrogen and oxygen atoms in total. The first-order valence-corrected chi connectivity index (χ1v) is 9.30. The predicted molar refractivity (Wildman–Crippen MR) is 112 cm³/mol. The third-order valence-electron chi connectivity index (χ3n) is 4.29. The predicted octanol–water partition coefficient (Wildman–Crippen LogP) is 4.78. The van der Waals surface area contributed by atoms with Crippen LogP contribution in [0.1, 0.15) is 20.7 Å². The van der Waals surface area contributed by atoms with Crippen LogP contribution in [-0.2, 0) is 0 Å².